The van der Waals surface area contributed by atoms with Crippen molar-refractivity contribution in [1.29, 1.82) is 0 Å². The number of methoxy groups -OCH3 is 1. The van der Waals surface area contributed by atoms with E-state index in [0.717, 1.165) is 11.8 Å². The van der Waals surface area contributed by atoms with Gasteiger partial charge in [0.05, 0.1) is 12.8 Å². The van der Waals surface area contributed by atoms with E-state index in [2.05, 4.69) is 25.7 Å². The maximum absolute atomic E-state index is 13.7. The Morgan fingerprint density at radius 1 is 1.22 bits per heavy atom. The molecule has 1 aromatic carbocycles. The topological polar surface area (TPSA) is 94.0 Å². The van der Waals surface area contributed by atoms with Crippen molar-refractivity contribution in [1.82, 2.24) is 25.1 Å². The largest absolute Gasteiger partial charge is 0.494 e. The number of aryl methyl sites for hydroxylation is 1. The fraction of sp³-hybridized carbons (Fsp3) is 0.222. The molecule has 27 heavy (non-hydrogen) atoms. The third kappa shape index (κ3) is 4.57. The minimum Gasteiger partial charge on any atom is -0.494 e. The lowest BCUT2D eigenvalue weighted by Crippen LogP contribution is -2.29. The van der Waals surface area contributed by atoms with Crippen molar-refractivity contribution in [2.24, 2.45) is 0 Å². The number of amides is 1. The molecular formula is C18H19FN6O2. The molecule has 0 spiro atoms. The Bertz CT molecular complexity index is 943. The van der Waals surface area contributed by atoms with Crippen LogP contribution in [0.2, 0.25) is 0 Å². The highest BCUT2D eigenvalue weighted by Gasteiger charge is 2.09. The molecule has 0 aliphatic rings. The van der Waals surface area contributed by atoms with E-state index in [9.17, 15) is 9.18 Å². The lowest BCUT2D eigenvalue weighted by Gasteiger charge is -2.09. The summed E-state index contributed by atoms with van der Waals surface area (Å²) in [6.07, 6.45) is 3.25. The monoisotopic (exact) mass is 370 g/mol. The molecule has 0 saturated carbocycles. The lowest BCUT2D eigenvalue weighted by atomic mass is 10.2. The highest BCUT2D eigenvalue weighted by molar-refractivity contribution is 5.94. The van der Waals surface area contributed by atoms with Crippen molar-refractivity contribution in [3.05, 3.63) is 59.9 Å². The number of aromatic nitrogens is 4. The minimum absolute atomic E-state index is 0.0974. The number of carbonyl (C=O) groups excluding carboxylic acids is 1. The second-order valence-electron chi connectivity index (χ2n) is 5.70. The van der Waals surface area contributed by atoms with E-state index in [1.807, 2.05) is 19.2 Å². The van der Waals surface area contributed by atoms with Crippen LogP contribution in [0.1, 0.15) is 16.1 Å². The highest BCUT2D eigenvalue weighted by Crippen LogP contribution is 2.17. The van der Waals surface area contributed by atoms with Gasteiger partial charge in [-0.2, -0.15) is 5.10 Å². The molecule has 1 amide bonds. The predicted octanol–water partition coefficient (Wildman–Crippen LogP) is 1.96. The molecule has 0 atom stereocenters. The molecule has 9 heteroatoms. The summed E-state index contributed by atoms with van der Waals surface area (Å²) in [7, 11) is 1.37. The van der Waals surface area contributed by atoms with E-state index < -0.39 is 5.82 Å². The second-order valence-corrected chi connectivity index (χ2v) is 5.70. The summed E-state index contributed by atoms with van der Waals surface area (Å²) < 4.78 is 20.2. The maximum atomic E-state index is 13.7. The zero-order chi connectivity index (χ0) is 19.2. The summed E-state index contributed by atoms with van der Waals surface area (Å²) in [5.41, 5.74) is 1.12. The molecule has 2 N–H and O–H groups in total. The zero-order valence-electron chi connectivity index (χ0n) is 14.9. The summed E-state index contributed by atoms with van der Waals surface area (Å²) in [6, 6.07) is 7.71. The highest BCUT2D eigenvalue weighted by atomic mass is 19.1. The van der Waals surface area contributed by atoms with Crippen molar-refractivity contribution >= 4 is 11.7 Å². The number of benzene rings is 1. The quantitative estimate of drug-likeness (QED) is 0.618. The number of rotatable bonds is 7. The van der Waals surface area contributed by atoms with E-state index in [4.69, 9.17) is 4.74 Å². The first-order valence-electron chi connectivity index (χ1n) is 8.27. The molecule has 3 rings (SSSR count). The van der Waals surface area contributed by atoms with Gasteiger partial charge in [0, 0.05) is 30.9 Å². The van der Waals surface area contributed by atoms with Crippen LogP contribution in [0.4, 0.5) is 10.2 Å². The van der Waals surface area contributed by atoms with Gasteiger partial charge < -0.3 is 15.4 Å². The van der Waals surface area contributed by atoms with Crippen LogP contribution in [0, 0.1) is 12.7 Å². The summed E-state index contributed by atoms with van der Waals surface area (Å²) in [5, 5.41) is 10.1. The average molecular weight is 370 g/mol. The molecule has 2 aromatic heterocycles. The molecule has 0 bridgehead atoms. The first-order chi connectivity index (χ1) is 13.1. The van der Waals surface area contributed by atoms with Crippen LogP contribution in [0.15, 0.2) is 42.9 Å². The first-order valence-corrected chi connectivity index (χ1v) is 8.27. The molecule has 0 fully saturated rings. The van der Waals surface area contributed by atoms with Crippen LogP contribution in [-0.2, 0) is 0 Å². The number of ether oxygens (including phenoxy) is 1. The molecule has 140 valence electrons. The van der Waals surface area contributed by atoms with E-state index in [1.54, 1.807) is 10.7 Å². The Hall–Kier alpha value is -3.49. The van der Waals surface area contributed by atoms with Crippen LogP contribution < -0.4 is 15.4 Å². The maximum Gasteiger partial charge on any atom is 0.251 e. The van der Waals surface area contributed by atoms with Gasteiger partial charge in [0.25, 0.3) is 5.91 Å². The minimum atomic E-state index is -0.578. The standard InChI is InChI=1S/C18H19FN6O2/c1-12-5-8-25(24-12)17-10-16(22-11-23-17)20-6-7-21-18(26)13-3-4-15(27-2)14(19)9-13/h3-5,8-11H,6-7H2,1-2H3,(H,21,26)(H,20,22,23). The van der Waals surface area contributed by atoms with Crippen LogP contribution in [-0.4, -0.2) is 45.9 Å². The first kappa shape index (κ1) is 18.3. The number of anilines is 1. The van der Waals surface area contributed by atoms with E-state index >= 15 is 0 Å². The molecular weight excluding hydrogens is 351 g/mol. The molecule has 0 unspecified atom stereocenters. The predicted molar refractivity (Wildman–Crippen MR) is 97.7 cm³/mol. The molecule has 8 nitrogen and oxygen atoms in total. The Kier molecular flexibility index (Phi) is 5.60. The number of halogens is 1. The molecule has 3 aromatic rings. The van der Waals surface area contributed by atoms with Gasteiger partial charge in [0.15, 0.2) is 17.4 Å². The van der Waals surface area contributed by atoms with Gasteiger partial charge in [-0.15, -0.1) is 0 Å². The SMILES string of the molecule is COc1ccc(C(=O)NCCNc2cc(-n3ccc(C)n3)ncn2)cc1F. The van der Waals surface area contributed by atoms with Crippen LogP contribution in [0.25, 0.3) is 5.82 Å². The van der Waals surface area contributed by atoms with Crippen LogP contribution >= 0.6 is 0 Å². The van der Waals surface area contributed by atoms with Gasteiger partial charge in [-0.3, -0.25) is 4.79 Å². The summed E-state index contributed by atoms with van der Waals surface area (Å²) in [6.45, 7) is 2.68. The smallest absolute Gasteiger partial charge is 0.251 e. The number of hydrogen-bond acceptors (Lipinski definition) is 6. The summed E-state index contributed by atoms with van der Waals surface area (Å²) >= 11 is 0. The number of carbonyl (C=O) groups is 1. The van der Waals surface area contributed by atoms with E-state index in [1.165, 1.54) is 25.6 Å². The zero-order valence-corrected chi connectivity index (χ0v) is 14.9. The van der Waals surface area contributed by atoms with Gasteiger partial charge >= 0.3 is 0 Å². The normalized spacial score (nSPS) is 10.5. The van der Waals surface area contributed by atoms with Crippen molar-refractivity contribution in [3.63, 3.8) is 0 Å². The molecule has 0 aliphatic carbocycles. The average Bonchev–Trinajstić information content (AvgIpc) is 3.11. The Morgan fingerprint density at radius 2 is 2.07 bits per heavy atom. The van der Waals surface area contributed by atoms with E-state index in [0.29, 0.717) is 24.7 Å². The van der Waals surface area contributed by atoms with Gasteiger partial charge in [-0.05, 0) is 31.2 Å². The van der Waals surface area contributed by atoms with Crippen molar-refractivity contribution < 1.29 is 13.9 Å². The van der Waals surface area contributed by atoms with Crippen molar-refractivity contribution in [2.75, 3.05) is 25.5 Å². The number of nitrogens with zero attached hydrogens (tertiary/aromatic N) is 4. The third-order valence-corrected chi connectivity index (χ3v) is 3.74. The fourth-order valence-electron chi connectivity index (χ4n) is 2.39. The van der Waals surface area contributed by atoms with E-state index in [-0.39, 0.29) is 17.2 Å². The lowest BCUT2D eigenvalue weighted by molar-refractivity contribution is 0.0954. The Labute approximate surface area is 155 Å². The molecule has 0 radical (unpaired) electrons. The number of nitrogens with one attached hydrogen (secondary N) is 2. The van der Waals surface area contributed by atoms with Gasteiger partial charge in [0.1, 0.15) is 12.1 Å². The van der Waals surface area contributed by atoms with Gasteiger partial charge in [0.2, 0.25) is 0 Å². The third-order valence-electron chi connectivity index (χ3n) is 3.74. The van der Waals surface area contributed by atoms with Crippen molar-refractivity contribution in [2.45, 2.75) is 6.92 Å². The second kappa shape index (κ2) is 8.26. The number of hydrogen-bond donors (Lipinski definition) is 2. The summed E-state index contributed by atoms with van der Waals surface area (Å²) in [4.78, 5) is 20.4. The van der Waals surface area contributed by atoms with Gasteiger partial charge in [-0.1, -0.05) is 0 Å². The fourth-order valence-corrected chi connectivity index (χ4v) is 2.39. The van der Waals surface area contributed by atoms with Crippen LogP contribution in [0.3, 0.4) is 0 Å². The molecule has 0 aliphatic heterocycles. The Morgan fingerprint density at radius 3 is 2.78 bits per heavy atom. The Balaban J connectivity index is 1.51. The van der Waals surface area contributed by atoms with Crippen LogP contribution in [0.5, 0.6) is 5.75 Å². The molecule has 2 heterocycles. The van der Waals surface area contributed by atoms with Gasteiger partial charge in [-0.25, -0.2) is 19.0 Å². The summed E-state index contributed by atoms with van der Waals surface area (Å²) in [5.74, 6) is 0.399. The molecule has 0 saturated heterocycles. The van der Waals surface area contributed by atoms with Crippen molar-refractivity contribution in [3.8, 4) is 11.6 Å².